The van der Waals surface area contributed by atoms with Crippen LogP contribution in [0.15, 0.2) is 48.7 Å². The first-order valence-corrected chi connectivity index (χ1v) is 10.1. The molecule has 1 aromatic heterocycles. The summed E-state index contributed by atoms with van der Waals surface area (Å²) in [6.07, 6.45) is 4.51. The van der Waals surface area contributed by atoms with Crippen molar-refractivity contribution in [3.05, 3.63) is 54.4 Å². The Morgan fingerprint density at radius 1 is 1.07 bits per heavy atom. The number of pyridine rings is 1. The lowest BCUT2D eigenvalue weighted by Gasteiger charge is -2.36. The molecule has 2 saturated heterocycles. The largest absolute Gasteiger partial charge is 0.487 e. The van der Waals surface area contributed by atoms with E-state index in [4.69, 9.17) is 9.47 Å². The maximum Gasteiger partial charge on any atom is 0.244 e. The number of nitrogens with zero attached hydrogens (tertiary/aromatic N) is 3. The Morgan fingerprint density at radius 3 is 2.71 bits per heavy atom. The van der Waals surface area contributed by atoms with Crippen LogP contribution in [0.1, 0.15) is 25.0 Å². The van der Waals surface area contributed by atoms with Crippen molar-refractivity contribution in [1.82, 2.24) is 9.88 Å². The predicted molar refractivity (Wildman–Crippen MR) is 105 cm³/mol. The van der Waals surface area contributed by atoms with Crippen LogP contribution in [0.3, 0.4) is 0 Å². The van der Waals surface area contributed by atoms with Crippen molar-refractivity contribution >= 4 is 11.6 Å². The number of amides is 1. The molecule has 5 rings (SSSR count). The zero-order chi connectivity index (χ0) is 18.9. The van der Waals surface area contributed by atoms with Crippen molar-refractivity contribution in [3.8, 4) is 5.75 Å². The summed E-state index contributed by atoms with van der Waals surface area (Å²) < 4.78 is 11.9. The van der Waals surface area contributed by atoms with Crippen LogP contribution in [0, 0.1) is 0 Å². The van der Waals surface area contributed by atoms with Crippen molar-refractivity contribution < 1.29 is 14.3 Å². The molecule has 2 atom stereocenters. The average Bonchev–Trinajstić information content (AvgIpc) is 3.18. The highest BCUT2D eigenvalue weighted by Gasteiger charge is 2.45. The first-order valence-electron chi connectivity index (χ1n) is 10.1. The van der Waals surface area contributed by atoms with Gasteiger partial charge in [0.1, 0.15) is 11.9 Å². The molecule has 2 bridgehead atoms. The van der Waals surface area contributed by atoms with E-state index in [-0.39, 0.29) is 18.1 Å². The summed E-state index contributed by atoms with van der Waals surface area (Å²) in [6.45, 7) is 2.78. The van der Waals surface area contributed by atoms with Crippen LogP contribution in [0.4, 0.5) is 5.69 Å². The number of anilines is 1. The summed E-state index contributed by atoms with van der Waals surface area (Å²) in [5, 5.41) is 0. The molecule has 1 amide bonds. The van der Waals surface area contributed by atoms with Gasteiger partial charge in [0.2, 0.25) is 5.91 Å². The van der Waals surface area contributed by atoms with Crippen LogP contribution in [0.5, 0.6) is 5.75 Å². The minimum atomic E-state index is -0.148. The summed E-state index contributed by atoms with van der Waals surface area (Å²) in [7, 11) is 0. The third-order valence-corrected chi connectivity index (χ3v) is 6.01. The quantitative estimate of drug-likeness (QED) is 0.821. The van der Waals surface area contributed by atoms with Gasteiger partial charge < -0.3 is 14.4 Å². The van der Waals surface area contributed by atoms with Crippen molar-refractivity contribution in [2.75, 3.05) is 24.7 Å². The van der Waals surface area contributed by atoms with Crippen LogP contribution in [0.25, 0.3) is 0 Å². The summed E-state index contributed by atoms with van der Waals surface area (Å²) in [4.78, 5) is 22.4. The van der Waals surface area contributed by atoms with Gasteiger partial charge in [-0.1, -0.05) is 18.2 Å². The molecule has 28 heavy (non-hydrogen) atoms. The highest BCUT2D eigenvalue weighted by molar-refractivity contribution is 5.99. The molecule has 6 heteroatoms. The molecule has 0 saturated carbocycles. The fraction of sp³-hybridized carbons (Fsp3) is 0.455. The summed E-state index contributed by atoms with van der Waals surface area (Å²) in [5.74, 6) is 0.930. The minimum Gasteiger partial charge on any atom is -0.487 e. The number of benzene rings is 1. The topological polar surface area (TPSA) is 54.9 Å². The Kier molecular flexibility index (Phi) is 4.74. The van der Waals surface area contributed by atoms with E-state index in [1.54, 1.807) is 6.20 Å². The minimum absolute atomic E-state index is 0.0509. The first kappa shape index (κ1) is 17.6. The number of hydrogen-bond acceptors (Lipinski definition) is 5. The summed E-state index contributed by atoms with van der Waals surface area (Å²) in [6, 6.07) is 13.9. The zero-order valence-corrected chi connectivity index (χ0v) is 15.9. The second-order valence-electron chi connectivity index (χ2n) is 7.74. The zero-order valence-electron chi connectivity index (χ0n) is 15.9. The van der Waals surface area contributed by atoms with Gasteiger partial charge in [0.05, 0.1) is 24.0 Å². The Labute approximate surface area is 165 Å². The summed E-state index contributed by atoms with van der Waals surface area (Å²) >= 11 is 0. The second-order valence-corrected chi connectivity index (χ2v) is 7.74. The normalized spacial score (nSPS) is 25.7. The standard InChI is InChI=1S/C22H25N3O3/c26-22-20-13-18(15-24(20)17-8-11-27-12-9-17)28-21-7-2-1-6-19(21)25(22)14-16-5-3-4-10-23-16/h1-7,10,17-18,20H,8-9,11-15H2/t18-,20-/m0/s1. The van der Waals surface area contributed by atoms with Crippen LogP contribution in [-0.2, 0) is 16.1 Å². The van der Waals surface area contributed by atoms with E-state index < -0.39 is 0 Å². The smallest absolute Gasteiger partial charge is 0.244 e. The van der Waals surface area contributed by atoms with E-state index in [1.165, 1.54) is 0 Å². The molecule has 3 aliphatic heterocycles. The van der Waals surface area contributed by atoms with E-state index in [0.717, 1.165) is 56.2 Å². The van der Waals surface area contributed by atoms with E-state index in [2.05, 4.69) is 9.88 Å². The lowest BCUT2D eigenvalue weighted by molar-refractivity contribution is -0.124. The number of para-hydroxylation sites is 2. The molecule has 0 radical (unpaired) electrons. The molecule has 4 heterocycles. The Morgan fingerprint density at radius 2 is 1.89 bits per heavy atom. The molecule has 0 unspecified atom stereocenters. The van der Waals surface area contributed by atoms with Gasteiger partial charge in [0.25, 0.3) is 0 Å². The molecule has 0 spiro atoms. The number of carbonyl (C=O) groups is 1. The van der Waals surface area contributed by atoms with Gasteiger partial charge in [-0.2, -0.15) is 0 Å². The van der Waals surface area contributed by atoms with Gasteiger partial charge in [0.15, 0.2) is 0 Å². The number of fused-ring (bicyclic) bond motifs is 3. The van der Waals surface area contributed by atoms with Crippen LogP contribution < -0.4 is 9.64 Å². The SMILES string of the molecule is O=C1[C@@H]2C[C@@H](CN2C2CCOCC2)Oc2ccccc2N1Cc1ccccn1. The number of likely N-dealkylation sites (tertiary alicyclic amines) is 1. The number of carbonyl (C=O) groups excluding carboxylic acids is 1. The van der Waals surface area contributed by atoms with E-state index in [1.807, 2.05) is 47.4 Å². The molecular formula is C22H25N3O3. The van der Waals surface area contributed by atoms with Crippen LogP contribution in [0.2, 0.25) is 0 Å². The number of rotatable bonds is 3. The van der Waals surface area contributed by atoms with Crippen LogP contribution >= 0.6 is 0 Å². The van der Waals surface area contributed by atoms with Gasteiger partial charge in [-0.15, -0.1) is 0 Å². The number of hydrogen-bond donors (Lipinski definition) is 0. The Balaban J connectivity index is 1.50. The van der Waals surface area contributed by atoms with Crippen molar-refractivity contribution in [2.24, 2.45) is 0 Å². The van der Waals surface area contributed by atoms with Crippen LogP contribution in [-0.4, -0.2) is 53.7 Å². The third kappa shape index (κ3) is 3.27. The Bertz CT molecular complexity index is 838. The predicted octanol–water partition coefficient (Wildman–Crippen LogP) is 2.63. The van der Waals surface area contributed by atoms with Gasteiger partial charge in [-0.3, -0.25) is 14.7 Å². The maximum absolute atomic E-state index is 13.7. The molecule has 6 nitrogen and oxygen atoms in total. The number of aromatic nitrogens is 1. The first-order chi connectivity index (χ1) is 13.8. The average molecular weight is 379 g/mol. The second kappa shape index (κ2) is 7.53. The molecule has 0 N–H and O–H groups in total. The lowest BCUT2D eigenvalue weighted by Crippen LogP contribution is -2.50. The van der Waals surface area contributed by atoms with Crippen molar-refractivity contribution in [3.63, 3.8) is 0 Å². The fourth-order valence-electron chi connectivity index (χ4n) is 4.64. The van der Waals surface area contributed by atoms with Crippen molar-refractivity contribution in [1.29, 1.82) is 0 Å². The van der Waals surface area contributed by atoms with Crippen molar-refractivity contribution in [2.45, 2.75) is 44.0 Å². The maximum atomic E-state index is 13.7. The van der Waals surface area contributed by atoms with E-state index >= 15 is 0 Å². The molecule has 3 aliphatic rings. The van der Waals surface area contributed by atoms with Gasteiger partial charge >= 0.3 is 0 Å². The van der Waals surface area contributed by atoms with Gasteiger partial charge in [-0.25, -0.2) is 0 Å². The number of ether oxygens (including phenoxy) is 2. The molecule has 146 valence electrons. The summed E-state index contributed by atoms with van der Waals surface area (Å²) in [5.41, 5.74) is 1.71. The third-order valence-electron chi connectivity index (χ3n) is 6.01. The van der Waals surface area contributed by atoms with Gasteiger partial charge in [0, 0.05) is 38.4 Å². The van der Waals surface area contributed by atoms with Gasteiger partial charge in [-0.05, 0) is 37.1 Å². The highest BCUT2D eigenvalue weighted by Crippen LogP contribution is 2.38. The molecule has 0 aliphatic carbocycles. The molecular weight excluding hydrogens is 354 g/mol. The fourth-order valence-corrected chi connectivity index (χ4v) is 4.64. The van der Waals surface area contributed by atoms with E-state index in [0.29, 0.717) is 12.6 Å². The molecule has 2 aromatic rings. The monoisotopic (exact) mass is 379 g/mol. The lowest BCUT2D eigenvalue weighted by atomic mass is 10.0. The highest BCUT2D eigenvalue weighted by atomic mass is 16.5. The van der Waals surface area contributed by atoms with E-state index in [9.17, 15) is 4.79 Å². The molecule has 2 fully saturated rings. The molecule has 1 aromatic carbocycles. The Hall–Kier alpha value is -2.44.